The first-order valence-electron chi connectivity index (χ1n) is 7.78. The van der Waals surface area contributed by atoms with Crippen LogP contribution in [0.5, 0.6) is 0 Å². The fraction of sp³-hybridized carbons (Fsp3) is 0.278. The molecule has 9 heteroatoms. The zero-order valence-electron chi connectivity index (χ0n) is 14.4. The maximum absolute atomic E-state index is 13.8. The minimum Gasteiger partial charge on any atom is -0.443 e. The van der Waals surface area contributed by atoms with Crippen molar-refractivity contribution in [2.45, 2.75) is 42.3 Å². The summed E-state index contributed by atoms with van der Waals surface area (Å²) < 4.78 is 47.7. The van der Waals surface area contributed by atoms with Gasteiger partial charge in [0.05, 0.1) is 16.9 Å². The average molecular weight is 525 g/mol. The van der Waals surface area contributed by atoms with Gasteiger partial charge in [-0.1, -0.05) is 43.6 Å². The van der Waals surface area contributed by atoms with E-state index < -0.39 is 23.4 Å². The summed E-state index contributed by atoms with van der Waals surface area (Å²) in [6.45, 7) is 5.00. The van der Waals surface area contributed by atoms with Crippen LogP contribution in [-0.2, 0) is 10.9 Å². The van der Waals surface area contributed by atoms with Gasteiger partial charge >= 0.3 is 12.3 Å². The van der Waals surface area contributed by atoms with Crippen molar-refractivity contribution in [1.82, 2.24) is 0 Å². The minimum absolute atomic E-state index is 0.222. The van der Waals surface area contributed by atoms with Gasteiger partial charge in [0.25, 0.3) is 0 Å². The third kappa shape index (κ3) is 4.30. The lowest BCUT2D eigenvalue weighted by atomic mass is 10.1. The van der Waals surface area contributed by atoms with Gasteiger partial charge in [0, 0.05) is 18.7 Å². The van der Waals surface area contributed by atoms with E-state index >= 15 is 0 Å². The van der Waals surface area contributed by atoms with Gasteiger partial charge in [-0.2, -0.15) is 13.2 Å². The molecule has 0 atom stereocenters. The molecule has 3 nitrogen and oxygen atoms in total. The molecule has 0 fully saturated rings. The predicted octanol–water partition coefficient (Wildman–Crippen LogP) is 7.77. The van der Waals surface area contributed by atoms with Gasteiger partial charge in [0.1, 0.15) is 5.60 Å². The van der Waals surface area contributed by atoms with Crippen LogP contribution in [0.25, 0.3) is 0 Å². The summed E-state index contributed by atoms with van der Waals surface area (Å²) in [6, 6.07) is 7.57. The van der Waals surface area contributed by atoms with Gasteiger partial charge in [0.2, 0.25) is 0 Å². The maximum Gasteiger partial charge on any atom is 0.419 e. The monoisotopic (exact) mass is 523 g/mol. The highest BCUT2D eigenvalue weighted by atomic mass is 79.9. The highest BCUT2D eigenvalue weighted by Crippen LogP contribution is 2.54. The van der Waals surface area contributed by atoms with Crippen LogP contribution >= 0.6 is 43.6 Å². The SMILES string of the molecule is CC(C)(C)OC(=O)N1c2ccc(Br)cc2Sc2cc(Br)cc(C(F)(F)F)c21. The van der Waals surface area contributed by atoms with Crippen LogP contribution in [0.1, 0.15) is 26.3 Å². The third-order valence-corrected chi connectivity index (χ3v) is 5.56. The molecule has 2 aromatic rings. The molecule has 1 aliphatic rings. The zero-order chi connectivity index (χ0) is 20.1. The van der Waals surface area contributed by atoms with Crippen molar-refractivity contribution < 1.29 is 22.7 Å². The van der Waals surface area contributed by atoms with Crippen LogP contribution in [0.15, 0.2) is 49.1 Å². The number of amides is 1. The molecule has 0 aromatic heterocycles. The quantitative estimate of drug-likeness (QED) is 0.352. The van der Waals surface area contributed by atoms with E-state index in [0.29, 0.717) is 15.5 Å². The molecule has 0 radical (unpaired) electrons. The van der Waals surface area contributed by atoms with Gasteiger partial charge in [-0.3, -0.25) is 0 Å². The normalized spacial score (nSPS) is 13.9. The number of benzene rings is 2. The number of hydrogen-bond acceptors (Lipinski definition) is 3. The summed E-state index contributed by atoms with van der Waals surface area (Å²) >= 11 is 7.67. The van der Waals surface area contributed by atoms with E-state index in [1.54, 1.807) is 45.0 Å². The van der Waals surface area contributed by atoms with E-state index in [2.05, 4.69) is 31.9 Å². The second-order valence-corrected chi connectivity index (χ2v) is 9.74. The van der Waals surface area contributed by atoms with E-state index in [-0.39, 0.29) is 10.2 Å². The first-order chi connectivity index (χ1) is 12.4. The Morgan fingerprint density at radius 1 is 1.04 bits per heavy atom. The summed E-state index contributed by atoms with van der Waals surface area (Å²) in [7, 11) is 0. The van der Waals surface area contributed by atoms with E-state index in [1.165, 1.54) is 11.8 Å². The van der Waals surface area contributed by atoms with E-state index in [4.69, 9.17) is 4.74 Å². The van der Waals surface area contributed by atoms with Crippen molar-refractivity contribution >= 4 is 61.1 Å². The Bertz CT molecular complexity index is 926. The lowest BCUT2D eigenvalue weighted by molar-refractivity contribution is -0.137. The molecule has 0 saturated carbocycles. The number of carbonyl (C=O) groups excluding carboxylic acids is 1. The van der Waals surface area contributed by atoms with Gasteiger partial charge in [-0.15, -0.1) is 0 Å². The molecular formula is C18H14Br2F3NO2S. The van der Waals surface area contributed by atoms with Crippen LogP contribution in [0.3, 0.4) is 0 Å². The zero-order valence-corrected chi connectivity index (χ0v) is 18.4. The van der Waals surface area contributed by atoms with Crippen molar-refractivity contribution in [3.05, 3.63) is 44.8 Å². The number of ether oxygens (including phenoxy) is 1. The second-order valence-electron chi connectivity index (χ2n) is 6.83. The minimum atomic E-state index is -4.64. The third-order valence-electron chi connectivity index (χ3n) is 3.53. The maximum atomic E-state index is 13.8. The molecule has 0 unspecified atom stereocenters. The average Bonchev–Trinajstić information content (AvgIpc) is 2.48. The van der Waals surface area contributed by atoms with Crippen LogP contribution < -0.4 is 4.90 Å². The highest BCUT2D eigenvalue weighted by molar-refractivity contribution is 9.10. The molecule has 3 rings (SSSR count). The molecule has 2 aromatic carbocycles. The summed E-state index contributed by atoms with van der Waals surface area (Å²) in [5.74, 6) is 0. The summed E-state index contributed by atoms with van der Waals surface area (Å²) in [6.07, 6.45) is -5.50. The van der Waals surface area contributed by atoms with Crippen LogP contribution in [-0.4, -0.2) is 11.7 Å². The number of hydrogen-bond donors (Lipinski definition) is 0. The van der Waals surface area contributed by atoms with Gasteiger partial charge < -0.3 is 4.74 Å². The molecular weight excluding hydrogens is 511 g/mol. The topological polar surface area (TPSA) is 29.5 Å². The Balaban J connectivity index is 2.27. The number of rotatable bonds is 0. The van der Waals surface area contributed by atoms with Crippen LogP contribution in [0, 0.1) is 0 Å². The highest BCUT2D eigenvalue weighted by Gasteiger charge is 2.42. The molecule has 0 saturated heterocycles. The number of fused-ring (bicyclic) bond motifs is 2. The first kappa shape index (κ1) is 20.5. The van der Waals surface area contributed by atoms with Gasteiger partial charge in [0.15, 0.2) is 0 Å². The molecule has 0 N–H and O–H groups in total. The molecule has 0 spiro atoms. The summed E-state index contributed by atoms with van der Waals surface area (Å²) in [5.41, 5.74) is -1.64. The lowest BCUT2D eigenvalue weighted by Crippen LogP contribution is -2.36. The molecule has 0 aliphatic carbocycles. The Morgan fingerprint density at radius 2 is 1.67 bits per heavy atom. The van der Waals surface area contributed by atoms with Gasteiger partial charge in [-0.25, -0.2) is 9.69 Å². The Kier molecular flexibility index (Phi) is 5.33. The second kappa shape index (κ2) is 7.00. The Hall–Kier alpha value is -1.19. The van der Waals surface area contributed by atoms with Crippen molar-refractivity contribution in [1.29, 1.82) is 0 Å². The van der Waals surface area contributed by atoms with Crippen molar-refractivity contribution in [2.75, 3.05) is 4.90 Å². The number of nitrogens with zero attached hydrogens (tertiary/aromatic N) is 1. The smallest absolute Gasteiger partial charge is 0.419 e. The standard InChI is InChI=1S/C18H14Br2F3NO2S/c1-17(2,3)26-16(25)24-12-5-4-9(19)7-13(12)27-14-8-10(20)6-11(15(14)24)18(21,22)23/h4-8H,1-3H3. The summed E-state index contributed by atoms with van der Waals surface area (Å²) in [5, 5.41) is 0. The van der Waals surface area contributed by atoms with Crippen molar-refractivity contribution in [3.8, 4) is 0 Å². The van der Waals surface area contributed by atoms with E-state index in [1.807, 2.05) is 0 Å². The fourth-order valence-corrected chi connectivity index (χ4v) is 4.88. The number of halogens is 5. The van der Waals surface area contributed by atoms with Crippen molar-refractivity contribution in [3.63, 3.8) is 0 Å². The Labute approximate surface area is 175 Å². The molecule has 1 heterocycles. The molecule has 1 aliphatic heterocycles. The molecule has 1 amide bonds. The largest absolute Gasteiger partial charge is 0.443 e. The molecule has 144 valence electrons. The number of anilines is 2. The molecule has 0 bridgehead atoms. The fourth-order valence-electron chi connectivity index (χ4n) is 2.59. The van der Waals surface area contributed by atoms with Crippen molar-refractivity contribution in [2.24, 2.45) is 0 Å². The Morgan fingerprint density at radius 3 is 2.26 bits per heavy atom. The first-order valence-corrected chi connectivity index (χ1v) is 10.2. The van der Waals surface area contributed by atoms with Gasteiger partial charge in [-0.05, 0) is 51.1 Å². The predicted molar refractivity (Wildman–Crippen MR) is 106 cm³/mol. The van der Waals surface area contributed by atoms with Crippen LogP contribution in [0.4, 0.5) is 29.3 Å². The number of carbonyl (C=O) groups is 1. The van der Waals surface area contributed by atoms with Crippen LogP contribution in [0.2, 0.25) is 0 Å². The van der Waals surface area contributed by atoms with E-state index in [0.717, 1.165) is 15.4 Å². The lowest BCUT2D eigenvalue weighted by Gasteiger charge is -2.34. The summed E-state index contributed by atoms with van der Waals surface area (Å²) in [4.78, 5) is 14.9. The number of alkyl halides is 3. The molecule has 27 heavy (non-hydrogen) atoms. The van der Waals surface area contributed by atoms with E-state index in [9.17, 15) is 18.0 Å².